The summed E-state index contributed by atoms with van der Waals surface area (Å²) in [6.07, 6.45) is 6.42. The highest BCUT2D eigenvalue weighted by atomic mass is 32.1. The van der Waals surface area contributed by atoms with E-state index < -0.39 is 5.97 Å². The number of carbonyl (C=O) groups excluding carboxylic acids is 2. The van der Waals surface area contributed by atoms with Crippen molar-refractivity contribution in [2.45, 2.75) is 84.3 Å². The zero-order valence-electron chi connectivity index (χ0n) is 19.1. The molecule has 1 N–H and O–H groups in total. The number of esters is 1. The van der Waals surface area contributed by atoms with Gasteiger partial charge in [0.25, 0.3) is 0 Å². The van der Waals surface area contributed by atoms with Crippen LogP contribution in [0.25, 0.3) is 0 Å². The highest BCUT2D eigenvalue weighted by Crippen LogP contribution is 2.39. The van der Waals surface area contributed by atoms with Crippen LogP contribution < -0.4 is 4.90 Å². The summed E-state index contributed by atoms with van der Waals surface area (Å²) in [5, 5.41) is 10.0. The van der Waals surface area contributed by atoms with Crippen LogP contribution in [0.5, 0.6) is 0 Å². The molecule has 5 nitrogen and oxygen atoms in total. The molecule has 3 rings (SSSR count). The predicted molar refractivity (Wildman–Crippen MR) is 124 cm³/mol. The Morgan fingerprint density at radius 2 is 1.77 bits per heavy atom. The lowest BCUT2D eigenvalue weighted by atomic mass is 9.81. The van der Waals surface area contributed by atoms with Gasteiger partial charge in [0.05, 0.1) is 23.8 Å². The molecule has 1 aromatic heterocycles. The molecule has 0 saturated heterocycles. The van der Waals surface area contributed by atoms with Crippen molar-refractivity contribution in [2.24, 2.45) is 17.8 Å². The topological polar surface area (TPSA) is 66.8 Å². The maximum absolute atomic E-state index is 13.8. The van der Waals surface area contributed by atoms with E-state index in [1.165, 1.54) is 18.4 Å². The van der Waals surface area contributed by atoms with Crippen molar-refractivity contribution < 1.29 is 19.4 Å². The molecule has 1 heterocycles. The summed E-state index contributed by atoms with van der Waals surface area (Å²) < 4.78 is 5.06. The minimum Gasteiger partial charge on any atom is -0.465 e. The minimum absolute atomic E-state index is 0.0147. The molecule has 170 valence electrons. The zero-order chi connectivity index (χ0) is 22.5. The number of anilines is 1. The number of hydrogen-bond donors (Lipinski definition) is 1. The maximum atomic E-state index is 13.8. The van der Waals surface area contributed by atoms with Crippen LogP contribution in [0, 0.1) is 29.6 Å². The van der Waals surface area contributed by atoms with Gasteiger partial charge in [-0.25, -0.2) is 4.79 Å². The summed E-state index contributed by atoms with van der Waals surface area (Å²) in [6, 6.07) is 1.87. The van der Waals surface area contributed by atoms with E-state index in [9.17, 15) is 14.7 Å². The van der Waals surface area contributed by atoms with Gasteiger partial charge in [-0.15, -0.1) is 11.3 Å². The van der Waals surface area contributed by atoms with E-state index in [2.05, 4.69) is 18.8 Å². The van der Waals surface area contributed by atoms with Gasteiger partial charge in [0.1, 0.15) is 4.88 Å². The Balaban J connectivity index is 2.00. The molecular weight excluding hydrogens is 410 g/mol. The van der Waals surface area contributed by atoms with Crippen molar-refractivity contribution in [1.29, 1.82) is 0 Å². The number of aliphatic hydroxyl groups is 1. The number of nitrogens with zero attached hydrogens (tertiary/aromatic N) is 1. The number of amides is 1. The molecule has 2 aliphatic carbocycles. The Morgan fingerprint density at radius 3 is 2.35 bits per heavy atom. The van der Waals surface area contributed by atoms with Crippen LogP contribution >= 0.6 is 11.3 Å². The molecule has 2 aliphatic rings. The number of hydrogen-bond acceptors (Lipinski definition) is 5. The smallest absolute Gasteiger partial charge is 0.350 e. The minimum atomic E-state index is -0.427. The number of carbonyl (C=O) groups is 2. The number of ether oxygens (including phenoxy) is 1. The van der Waals surface area contributed by atoms with Crippen LogP contribution in [0.3, 0.4) is 0 Å². The molecule has 0 bridgehead atoms. The first-order valence-electron chi connectivity index (χ1n) is 11.5. The number of rotatable bonds is 4. The molecule has 1 aromatic rings. The van der Waals surface area contributed by atoms with Gasteiger partial charge < -0.3 is 14.7 Å². The average Bonchev–Trinajstić information content (AvgIpc) is 3.17. The fraction of sp³-hybridized carbons (Fsp3) is 0.680. The van der Waals surface area contributed by atoms with Crippen LogP contribution in [-0.2, 0) is 9.53 Å². The van der Waals surface area contributed by atoms with Crippen molar-refractivity contribution >= 4 is 28.9 Å². The van der Waals surface area contributed by atoms with Crippen molar-refractivity contribution in [3.63, 3.8) is 0 Å². The van der Waals surface area contributed by atoms with E-state index in [-0.39, 0.29) is 29.9 Å². The second kappa shape index (κ2) is 10.7. The van der Waals surface area contributed by atoms with E-state index in [0.29, 0.717) is 29.3 Å². The van der Waals surface area contributed by atoms with Gasteiger partial charge in [0.2, 0.25) is 5.91 Å². The predicted octanol–water partition coefficient (Wildman–Crippen LogP) is 5.01. The van der Waals surface area contributed by atoms with Gasteiger partial charge in [0.15, 0.2) is 0 Å². The van der Waals surface area contributed by atoms with Crippen molar-refractivity contribution in [1.82, 2.24) is 0 Å². The summed E-state index contributed by atoms with van der Waals surface area (Å²) in [5.74, 6) is 6.85. The Hall–Kier alpha value is -1.84. The zero-order valence-corrected chi connectivity index (χ0v) is 20.0. The van der Waals surface area contributed by atoms with E-state index >= 15 is 0 Å². The van der Waals surface area contributed by atoms with E-state index in [0.717, 1.165) is 43.4 Å². The van der Waals surface area contributed by atoms with Crippen molar-refractivity contribution in [3.05, 3.63) is 15.8 Å². The fourth-order valence-corrected chi connectivity index (χ4v) is 5.52. The van der Waals surface area contributed by atoms with Crippen molar-refractivity contribution in [3.8, 4) is 11.8 Å². The third-order valence-corrected chi connectivity index (χ3v) is 7.48. The molecule has 0 atom stereocenters. The van der Waals surface area contributed by atoms with Gasteiger partial charge in [-0.1, -0.05) is 32.6 Å². The lowest BCUT2D eigenvalue weighted by molar-refractivity contribution is -0.124. The second-order valence-corrected chi connectivity index (χ2v) is 10.4. The molecule has 0 aliphatic heterocycles. The third-order valence-electron chi connectivity index (χ3n) is 6.46. The first kappa shape index (κ1) is 23.8. The van der Waals surface area contributed by atoms with E-state index in [4.69, 9.17) is 4.74 Å². The summed E-state index contributed by atoms with van der Waals surface area (Å²) in [6.45, 7) is 6.29. The molecular formula is C25H35NO4S. The third kappa shape index (κ3) is 5.90. The Labute approximate surface area is 190 Å². The maximum Gasteiger partial charge on any atom is 0.350 e. The summed E-state index contributed by atoms with van der Waals surface area (Å²) in [7, 11) is 1.37. The van der Waals surface area contributed by atoms with Gasteiger partial charge in [-0.3, -0.25) is 4.79 Å². The molecule has 1 amide bonds. The lowest BCUT2D eigenvalue weighted by Gasteiger charge is -2.38. The average molecular weight is 446 g/mol. The van der Waals surface area contributed by atoms with Crippen LogP contribution in [-0.4, -0.2) is 36.2 Å². The van der Waals surface area contributed by atoms with E-state index in [1.54, 1.807) is 0 Å². The fourth-order valence-electron chi connectivity index (χ4n) is 4.59. The monoisotopic (exact) mass is 445 g/mol. The number of aliphatic hydroxyl groups excluding tert-OH is 1. The Bertz CT molecular complexity index is 833. The lowest BCUT2D eigenvalue weighted by Crippen LogP contribution is -2.47. The first-order chi connectivity index (χ1) is 14.8. The van der Waals surface area contributed by atoms with Crippen LogP contribution in [0.15, 0.2) is 6.07 Å². The molecule has 2 fully saturated rings. The van der Waals surface area contributed by atoms with Crippen LogP contribution in [0.2, 0.25) is 0 Å². The standard InChI is InChI=1S/C25H35NO4S/c1-16(2)5-14-21-15-22(23(31-21)25(29)30-4)26(19-10-12-20(27)13-11-19)24(28)18-8-6-17(3)7-9-18/h15-20,27H,6-13H2,1-4H3. The van der Waals surface area contributed by atoms with E-state index in [1.807, 2.05) is 24.8 Å². The van der Waals surface area contributed by atoms with Gasteiger partial charge in [0, 0.05) is 17.9 Å². The Kier molecular flexibility index (Phi) is 8.18. The second-order valence-electron chi connectivity index (χ2n) is 9.37. The van der Waals surface area contributed by atoms with Gasteiger partial charge in [-0.05, 0) is 63.4 Å². The molecule has 0 spiro atoms. The SMILES string of the molecule is COC(=O)c1sc(C#CC(C)C)cc1N(C(=O)C1CCC(C)CC1)C1CCC(O)CC1. The molecule has 0 aromatic carbocycles. The first-order valence-corrected chi connectivity index (χ1v) is 12.4. The molecule has 6 heteroatoms. The molecule has 0 radical (unpaired) electrons. The Morgan fingerprint density at radius 1 is 1.13 bits per heavy atom. The normalized spacial score (nSPS) is 26.1. The summed E-state index contributed by atoms with van der Waals surface area (Å²) in [4.78, 5) is 29.5. The molecule has 0 unspecified atom stereocenters. The van der Waals surface area contributed by atoms with Crippen molar-refractivity contribution in [2.75, 3.05) is 12.0 Å². The number of methoxy groups -OCH3 is 1. The molecule has 2 saturated carbocycles. The molecule has 31 heavy (non-hydrogen) atoms. The van der Waals surface area contributed by atoms with Crippen LogP contribution in [0.1, 0.15) is 86.7 Å². The largest absolute Gasteiger partial charge is 0.465 e. The quantitative estimate of drug-likeness (QED) is 0.523. The summed E-state index contributed by atoms with van der Waals surface area (Å²) >= 11 is 1.30. The number of thiophene rings is 1. The highest BCUT2D eigenvalue weighted by molar-refractivity contribution is 7.15. The highest BCUT2D eigenvalue weighted by Gasteiger charge is 2.37. The summed E-state index contributed by atoms with van der Waals surface area (Å²) in [5.41, 5.74) is 0.634. The van der Waals surface area contributed by atoms with Gasteiger partial charge >= 0.3 is 5.97 Å². The van der Waals surface area contributed by atoms with Crippen LogP contribution in [0.4, 0.5) is 5.69 Å². The van der Waals surface area contributed by atoms with Gasteiger partial charge in [-0.2, -0.15) is 0 Å².